The average Bonchev–Trinajstić information content (AvgIpc) is 1.74. The summed E-state index contributed by atoms with van der Waals surface area (Å²) in [5.41, 5.74) is 14.2. The van der Waals surface area contributed by atoms with E-state index in [0.29, 0.717) is 85.0 Å². The van der Waals surface area contributed by atoms with Gasteiger partial charge >= 0.3 is 0 Å². The van der Waals surface area contributed by atoms with Gasteiger partial charge in [-0.05, 0) is 347 Å². The molecule has 606 valence electrons. The van der Waals surface area contributed by atoms with Crippen molar-refractivity contribution in [2.75, 3.05) is 0 Å². The minimum Gasteiger partial charge on any atom is -0.347 e. The van der Waals surface area contributed by atoms with E-state index in [2.05, 4.69) is 51.0 Å². The molecule has 0 spiro atoms. The summed E-state index contributed by atoms with van der Waals surface area (Å²) in [5, 5.41) is 30.5. The Bertz CT molecular complexity index is 4820. The van der Waals surface area contributed by atoms with Gasteiger partial charge in [-0.3, -0.25) is 19.1 Å². The van der Waals surface area contributed by atoms with E-state index in [9.17, 15) is 14.4 Å². The second-order valence-corrected chi connectivity index (χ2v) is 41.0. The van der Waals surface area contributed by atoms with Crippen LogP contribution in [0.25, 0.3) is 11.4 Å². The lowest BCUT2D eigenvalue weighted by molar-refractivity contribution is -0.0120. The number of rotatable bonds is 15. The minimum absolute atomic E-state index is 0.0142. The molecule has 0 aliphatic heterocycles. The zero-order valence-electron chi connectivity index (χ0n) is 66.2. The van der Waals surface area contributed by atoms with Crippen molar-refractivity contribution in [1.29, 1.82) is 0 Å². The van der Waals surface area contributed by atoms with Crippen molar-refractivity contribution in [3.63, 3.8) is 0 Å². The van der Waals surface area contributed by atoms with E-state index in [1.54, 1.807) is 12.1 Å². The Kier molecular flexibility index (Phi) is 23.3. The monoisotopic (exact) mass is 1680 g/mol. The molecule has 3 heterocycles. The highest BCUT2D eigenvalue weighted by Gasteiger charge is 2.53. The first-order valence-electron chi connectivity index (χ1n) is 44.4. The third-order valence-corrected chi connectivity index (χ3v) is 32.3. The molecular weight excluding hydrogens is 1580 g/mol. The van der Waals surface area contributed by atoms with Crippen LogP contribution >= 0.6 is 81.2 Å². The number of fused-ring (bicyclic) bond motifs is 3. The van der Waals surface area contributed by atoms with Crippen LogP contribution in [0.4, 0.5) is 0 Å². The van der Waals surface area contributed by atoms with Gasteiger partial charge in [0.15, 0.2) is 17.1 Å². The molecule has 19 heteroatoms. The number of hydrogen-bond acceptors (Lipinski definition) is 6. The van der Waals surface area contributed by atoms with Crippen LogP contribution in [0.3, 0.4) is 0 Å². The molecule has 3 unspecified atom stereocenters. The van der Waals surface area contributed by atoms with E-state index in [4.69, 9.17) is 96.5 Å². The first-order valence-corrected chi connectivity index (χ1v) is 47.0. The maximum Gasteiger partial charge on any atom is 0.272 e. The lowest BCUT2D eigenvalue weighted by atomic mass is 9.54. The predicted octanol–water partition coefficient (Wildman–Crippen LogP) is 24.5. The first kappa shape index (κ1) is 79.0. The van der Waals surface area contributed by atoms with Crippen LogP contribution in [0.5, 0.6) is 0 Å². The molecule has 24 rings (SSSR count). The number of carbonyl (C=O) groups is 3. The smallest absolute Gasteiger partial charge is 0.272 e. The van der Waals surface area contributed by atoms with Crippen molar-refractivity contribution in [2.45, 2.75) is 267 Å². The quantitative estimate of drug-likeness (QED) is 0.0873. The van der Waals surface area contributed by atoms with Crippen molar-refractivity contribution in [2.24, 2.45) is 71.0 Å². The fraction of sp³-hybridized carbons (Fsp3) is 0.562. The Morgan fingerprint density at radius 1 is 0.330 bits per heavy atom. The molecule has 16 aliphatic carbocycles. The molecule has 0 radical (unpaired) electrons. The summed E-state index contributed by atoms with van der Waals surface area (Å²) in [7, 11) is 0. The van der Waals surface area contributed by atoms with Gasteiger partial charge in [0.1, 0.15) is 0 Å². The van der Waals surface area contributed by atoms with Crippen LogP contribution < -0.4 is 16.0 Å². The zero-order chi connectivity index (χ0) is 78.3. The molecule has 12 nitrogen and oxygen atoms in total. The summed E-state index contributed by atoms with van der Waals surface area (Å²) in [6.45, 7) is 0. The maximum absolute atomic E-state index is 14.1. The third-order valence-electron chi connectivity index (χ3n) is 30.5. The fourth-order valence-corrected chi connectivity index (χ4v) is 27.7. The second-order valence-electron chi connectivity index (χ2n) is 38.0. The Morgan fingerprint density at radius 3 is 1.03 bits per heavy atom. The Morgan fingerprint density at radius 2 is 0.661 bits per heavy atom. The minimum atomic E-state index is -0.0176. The number of nitrogens with zero attached hydrogens (tertiary/aromatic N) is 6. The molecule has 13 saturated carbocycles. The van der Waals surface area contributed by atoms with Crippen molar-refractivity contribution in [3.05, 3.63) is 212 Å². The van der Waals surface area contributed by atoms with Gasteiger partial charge in [-0.25, -0.2) is 9.36 Å². The van der Waals surface area contributed by atoms with Gasteiger partial charge in [0, 0.05) is 83.4 Å². The number of halogens is 7. The van der Waals surface area contributed by atoms with Crippen LogP contribution in [-0.2, 0) is 38.5 Å². The molecule has 3 amide bonds. The molecule has 16 aliphatic rings. The van der Waals surface area contributed by atoms with Gasteiger partial charge in [0.2, 0.25) is 0 Å². The second kappa shape index (κ2) is 34.0. The number of hydrogen-bond donors (Lipinski definition) is 3. The van der Waals surface area contributed by atoms with Crippen molar-refractivity contribution >= 4 is 98.9 Å². The van der Waals surface area contributed by atoms with Crippen LogP contribution in [0.1, 0.15) is 292 Å². The van der Waals surface area contributed by atoms with E-state index >= 15 is 0 Å². The number of benzene rings is 5. The molecule has 5 aromatic carbocycles. The van der Waals surface area contributed by atoms with Crippen molar-refractivity contribution in [1.82, 2.24) is 45.3 Å². The predicted molar refractivity (Wildman–Crippen MR) is 463 cm³/mol. The van der Waals surface area contributed by atoms with Crippen LogP contribution in [0.2, 0.25) is 35.2 Å². The van der Waals surface area contributed by atoms with Crippen molar-refractivity contribution < 1.29 is 14.4 Å². The molecule has 13 fully saturated rings. The van der Waals surface area contributed by atoms with Crippen LogP contribution in [0.15, 0.2) is 109 Å². The highest BCUT2D eigenvalue weighted by Crippen LogP contribution is 2.57. The summed E-state index contributed by atoms with van der Waals surface area (Å²) < 4.78 is 6.26. The summed E-state index contributed by atoms with van der Waals surface area (Å²) >= 11 is 44.7. The zero-order valence-corrected chi connectivity index (χ0v) is 71.5. The SMILES string of the molecule is O=C(NC1C2CC3CC(C2)CC1C3)c1nn(-c2ccc(Cl)cc2Cl)c2c1CCCCC2Cc1ccc(Cl)cc1.O=C(NC1C2CC3CC(C2)CC1C3)c1nn(-c2ccc(Cl)cc2Cl)c2c1CCCCC2Cc1cccc(Cl)c1.O=C(NC1C2CC3CC(C2)CC1C3)c1nn(C2CCCCC2)c2c1CCCCC2Cc1ccc(Cl)cc1. The molecule has 12 bridgehead atoms. The standard InChI is InChI=1S/2C32H34Cl3N3O.C32H42ClN3O/c33-24-6-3-4-18(16-24)11-21-5-1-2-7-26-30(37-38(31(21)26)28-9-8-25(34)17-27(28)35)32(39)36-29-22-12-19-10-20(14-22)15-23(29)13-19;33-24-7-5-18(6-8-24)12-21-3-1-2-4-26-30(37-38(31(21)26)28-10-9-25(34)17-27(28)35)32(39)36-29-22-13-19-11-20(15-22)16-23(29)14-19;33-26-12-10-20(11-13-26)15-23-6-4-5-9-28-30(35-36(31(23)28)27-7-2-1-3-8-27)32(37)34-29-24-16-21-14-22(18-24)19-25(29)17-21/h3-4,6,8-9,16-17,19-23,29H,1-2,5,7,10-15H2,(H,36,39);5-10,17,19-23,29H,1-4,11-16H2,(H,36,39);10-13,21-25,27,29H,1-9,14-19H2,(H,34,37). The van der Waals surface area contributed by atoms with E-state index < -0.39 is 0 Å². The molecule has 0 saturated heterocycles. The molecular formula is C96H110Cl7N9O3. The maximum atomic E-state index is 14.1. The molecule has 8 aromatic rings. The first-order chi connectivity index (χ1) is 56.0. The number of nitrogens with one attached hydrogen (secondary N) is 3. The van der Waals surface area contributed by atoms with Crippen LogP contribution in [-0.4, -0.2) is 65.2 Å². The molecule has 3 aromatic heterocycles. The number of aromatic nitrogens is 6. The topological polar surface area (TPSA) is 141 Å². The Labute approximate surface area is 714 Å². The molecule has 3 N–H and O–H groups in total. The summed E-state index contributed by atoms with van der Waals surface area (Å²) in [5.74, 6) is 10.1. The number of carbonyl (C=O) groups excluding carboxylic acids is 3. The summed E-state index contributed by atoms with van der Waals surface area (Å²) in [4.78, 5) is 42.1. The highest BCUT2D eigenvalue weighted by molar-refractivity contribution is 6.36. The summed E-state index contributed by atoms with van der Waals surface area (Å²) in [6, 6.07) is 37.0. The van der Waals surface area contributed by atoms with E-state index in [1.165, 1.54) is 169 Å². The van der Waals surface area contributed by atoms with Gasteiger partial charge < -0.3 is 16.0 Å². The van der Waals surface area contributed by atoms with Gasteiger partial charge in [-0.2, -0.15) is 15.3 Å². The van der Waals surface area contributed by atoms with Gasteiger partial charge in [-0.15, -0.1) is 0 Å². The normalized spacial score (nSPS) is 30.5. The summed E-state index contributed by atoms with van der Waals surface area (Å²) in [6.07, 6.45) is 41.3. The third kappa shape index (κ3) is 16.6. The van der Waals surface area contributed by atoms with E-state index in [0.717, 1.165) is 174 Å². The van der Waals surface area contributed by atoms with Crippen molar-refractivity contribution in [3.8, 4) is 11.4 Å². The number of amides is 3. The van der Waals surface area contributed by atoms with Crippen LogP contribution in [0, 0.1) is 71.0 Å². The Balaban J connectivity index is 0.000000115. The lowest BCUT2D eigenvalue weighted by Gasteiger charge is -2.54. The molecule has 3 atom stereocenters. The molecule has 115 heavy (non-hydrogen) atoms. The average molecular weight is 1690 g/mol. The van der Waals surface area contributed by atoms with E-state index in [1.807, 2.05) is 76.1 Å². The van der Waals surface area contributed by atoms with Gasteiger partial charge in [0.05, 0.1) is 38.8 Å². The van der Waals surface area contributed by atoms with Gasteiger partial charge in [-0.1, -0.05) is 156 Å². The van der Waals surface area contributed by atoms with E-state index in [-0.39, 0.29) is 41.6 Å². The lowest BCUT2D eigenvalue weighted by Crippen LogP contribution is -2.56. The highest BCUT2D eigenvalue weighted by atomic mass is 35.5. The Hall–Kier alpha value is -5.83. The largest absolute Gasteiger partial charge is 0.347 e. The van der Waals surface area contributed by atoms with Gasteiger partial charge in [0.25, 0.3) is 17.7 Å². The fourth-order valence-electron chi connectivity index (χ4n) is 26.2.